The second kappa shape index (κ2) is 7.39. The molecule has 3 aliphatic rings. The van der Waals surface area contributed by atoms with Crippen LogP contribution in [0, 0.1) is 0 Å². The van der Waals surface area contributed by atoms with Gasteiger partial charge >= 0.3 is 6.03 Å². The second-order valence-electron chi connectivity index (χ2n) is 8.20. The SMILES string of the molecule is CN1C(=O)N(c2ccccc2)C(=O)C2N(c3ccccc3)C(N3CCNCC3)=NC21C. The number of hydrogen-bond donors (Lipinski definition) is 1. The van der Waals surface area contributed by atoms with E-state index >= 15 is 0 Å². The van der Waals surface area contributed by atoms with Gasteiger partial charge in [-0.1, -0.05) is 36.4 Å². The van der Waals surface area contributed by atoms with Gasteiger partial charge in [0.15, 0.2) is 11.7 Å². The number of benzene rings is 2. The maximum Gasteiger partial charge on any atom is 0.333 e. The van der Waals surface area contributed by atoms with Crippen molar-refractivity contribution in [1.82, 2.24) is 15.1 Å². The molecule has 1 N–H and O–H groups in total. The Hall–Kier alpha value is -3.39. The standard InChI is InChI=1S/C23H26N6O2/c1-23-19(20(30)29(22(31)26(23)2)18-11-7-4-8-12-18)28(17-9-5-3-6-10-17)21(25-23)27-15-13-24-14-16-27/h3-12,19,24H,13-16H2,1-2H3. The van der Waals surface area contributed by atoms with Crippen molar-refractivity contribution in [2.24, 2.45) is 4.99 Å². The van der Waals surface area contributed by atoms with Crippen LogP contribution in [0.4, 0.5) is 16.2 Å². The van der Waals surface area contributed by atoms with Gasteiger partial charge < -0.3 is 10.2 Å². The number of nitrogens with zero attached hydrogens (tertiary/aromatic N) is 5. The number of para-hydroxylation sites is 2. The van der Waals surface area contributed by atoms with Gasteiger partial charge in [0.1, 0.15) is 0 Å². The number of guanidine groups is 1. The highest BCUT2D eigenvalue weighted by Crippen LogP contribution is 2.41. The van der Waals surface area contributed by atoms with Gasteiger partial charge in [-0.2, -0.15) is 0 Å². The van der Waals surface area contributed by atoms with Gasteiger partial charge in [-0.05, 0) is 31.2 Å². The van der Waals surface area contributed by atoms with Crippen molar-refractivity contribution in [2.75, 3.05) is 43.0 Å². The maximum atomic E-state index is 13.9. The third-order valence-electron chi connectivity index (χ3n) is 6.38. The Bertz CT molecular complexity index is 1020. The average molecular weight is 419 g/mol. The molecule has 8 heteroatoms. The van der Waals surface area contributed by atoms with E-state index in [2.05, 4.69) is 10.2 Å². The minimum absolute atomic E-state index is 0.269. The lowest BCUT2D eigenvalue weighted by Gasteiger charge is -2.47. The first kappa shape index (κ1) is 19.6. The lowest BCUT2D eigenvalue weighted by atomic mass is 9.96. The minimum Gasteiger partial charge on any atom is -0.340 e. The van der Waals surface area contributed by atoms with Crippen LogP contribution in [0.2, 0.25) is 0 Å². The lowest BCUT2D eigenvalue weighted by molar-refractivity contribution is -0.123. The molecule has 160 valence electrons. The topological polar surface area (TPSA) is 71.5 Å². The van der Waals surface area contributed by atoms with E-state index in [0.29, 0.717) is 5.69 Å². The number of likely N-dealkylation sites (N-methyl/N-ethyl adjacent to an activating group) is 1. The predicted octanol–water partition coefficient (Wildman–Crippen LogP) is 1.95. The summed E-state index contributed by atoms with van der Waals surface area (Å²) in [6.45, 7) is 5.16. The zero-order valence-electron chi connectivity index (χ0n) is 17.7. The van der Waals surface area contributed by atoms with E-state index in [1.165, 1.54) is 4.90 Å². The Morgan fingerprint density at radius 1 is 0.935 bits per heavy atom. The molecule has 3 heterocycles. The zero-order valence-corrected chi connectivity index (χ0v) is 17.7. The molecular formula is C23H26N6O2. The monoisotopic (exact) mass is 418 g/mol. The van der Waals surface area contributed by atoms with Crippen molar-refractivity contribution >= 4 is 29.3 Å². The van der Waals surface area contributed by atoms with Crippen LogP contribution in [0.1, 0.15) is 6.92 Å². The number of imide groups is 1. The van der Waals surface area contributed by atoms with Crippen LogP contribution in [-0.2, 0) is 4.79 Å². The lowest BCUT2D eigenvalue weighted by Crippen LogP contribution is -2.71. The highest BCUT2D eigenvalue weighted by molar-refractivity contribution is 6.22. The van der Waals surface area contributed by atoms with Gasteiger partial charge in [0.05, 0.1) is 5.69 Å². The molecular weight excluding hydrogens is 392 g/mol. The first-order valence-corrected chi connectivity index (χ1v) is 10.6. The Morgan fingerprint density at radius 3 is 2.13 bits per heavy atom. The number of anilines is 2. The fourth-order valence-electron chi connectivity index (χ4n) is 4.60. The number of amides is 3. The molecule has 2 saturated heterocycles. The summed E-state index contributed by atoms with van der Waals surface area (Å²) < 4.78 is 0. The Morgan fingerprint density at radius 2 is 1.52 bits per heavy atom. The molecule has 0 saturated carbocycles. The zero-order chi connectivity index (χ0) is 21.6. The third kappa shape index (κ3) is 2.97. The van der Waals surface area contributed by atoms with Crippen molar-refractivity contribution in [3.8, 4) is 0 Å². The van der Waals surface area contributed by atoms with Crippen LogP contribution >= 0.6 is 0 Å². The van der Waals surface area contributed by atoms with E-state index in [1.54, 1.807) is 24.1 Å². The van der Waals surface area contributed by atoms with Crippen LogP contribution in [0.15, 0.2) is 65.7 Å². The summed E-state index contributed by atoms with van der Waals surface area (Å²) in [4.78, 5) is 39.4. The van der Waals surface area contributed by atoms with E-state index in [0.717, 1.165) is 37.8 Å². The molecule has 3 aliphatic heterocycles. The molecule has 0 spiro atoms. The number of carbonyl (C=O) groups excluding carboxylic acids is 2. The van der Waals surface area contributed by atoms with Gasteiger partial charge in [0.2, 0.25) is 5.96 Å². The smallest absolute Gasteiger partial charge is 0.333 e. The Balaban J connectivity index is 1.64. The van der Waals surface area contributed by atoms with Crippen LogP contribution in [-0.4, -0.2) is 72.6 Å². The molecule has 2 fully saturated rings. The van der Waals surface area contributed by atoms with Gasteiger partial charge in [-0.25, -0.2) is 14.7 Å². The molecule has 3 amide bonds. The molecule has 2 unspecified atom stereocenters. The first-order chi connectivity index (χ1) is 15.0. The number of nitrogens with one attached hydrogen (secondary N) is 1. The molecule has 2 atom stereocenters. The number of rotatable bonds is 2. The van der Waals surface area contributed by atoms with E-state index in [9.17, 15) is 9.59 Å². The number of aliphatic imine (C=N–C) groups is 1. The molecule has 2 aromatic carbocycles. The van der Waals surface area contributed by atoms with Crippen LogP contribution in [0.25, 0.3) is 0 Å². The quantitative estimate of drug-likeness (QED) is 0.807. The summed E-state index contributed by atoms with van der Waals surface area (Å²) in [5.41, 5.74) is 0.447. The Labute approximate surface area is 181 Å². The summed E-state index contributed by atoms with van der Waals surface area (Å²) in [6.07, 6.45) is 0. The van der Waals surface area contributed by atoms with E-state index in [1.807, 2.05) is 60.4 Å². The summed E-state index contributed by atoms with van der Waals surface area (Å²) in [7, 11) is 1.73. The molecule has 2 aromatic rings. The molecule has 0 aliphatic carbocycles. The first-order valence-electron chi connectivity index (χ1n) is 10.6. The highest BCUT2D eigenvalue weighted by atomic mass is 16.2. The normalized spacial score (nSPS) is 26.3. The number of carbonyl (C=O) groups is 2. The average Bonchev–Trinajstić information content (AvgIpc) is 3.14. The Kier molecular flexibility index (Phi) is 4.66. The summed E-state index contributed by atoms with van der Waals surface area (Å²) in [5.74, 6) is 0.470. The van der Waals surface area contributed by atoms with E-state index in [-0.39, 0.29) is 11.9 Å². The fourth-order valence-corrected chi connectivity index (χ4v) is 4.60. The molecule has 5 rings (SSSR count). The van der Waals surface area contributed by atoms with Crippen molar-refractivity contribution in [3.05, 3.63) is 60.7 Å². The van der Waals surface area contributed by atoms with E-state index < -0.39 is 11.7 Å². The third-order valence-corrected chi connectivity index (χ3v) is 6.38. The fraction of sp³-hybridized carbons (Fsp3) is 0.348. The minimum atomic E-state index is -1.00. The van der Waals surface area contributed by atoms with Crippen LogP contribution < -0.4 is 15.1 Å². The molecule has 31 heavy (non-hydrogen) atoms. The molecule has 0 radical (unpaired) electrons. The number of piperazine rings is 1. The molecule has 0 bridgehead atoms. The summed E-state index contributed by atoms with van der Waals surface area (Å²) in [5, 5.41) is 3.36. The predicted molar refractivity (Wildman–Crippen MR) is 120 cm³/mol. The summed E-state index contributed by atoms with van der Waals surface area (Å²) >= 11 is 0. The van der Waals surface area contributed by atoms with E-state index in [4.69, 9.17) is 4.99 Å². The second-order valence-corrected chi connectivity index (χ2v) is 8.20. The summed E-state index contributed by atoms with van der Waals surface area (Å²) in [6, 6.07) is 17.9. The highest BCUT2D eigenvalue weighted by Gasteiger charge is 2.61. The van der Waals surface area contributed by atoms with Gasteiger partial charge in [-0.3, -0.25) is 14.6 Å². The van der Waals surface area contributed by atoms with Crippen LogP contribution in [0.3, 0.4) is 0 Å². The number of hydrogen-bond acceptors (Lipinski definition) is 6. The van der Waals surface area contributed by atoms with Crippen molar-refractivity contribution < 1.29 is 9.59 Å². The van der Waals surface area contributed by atoms with Gasteiger partial charge in [-0.15, -0.1) is 0 Å². The van der Waals surface area contributed by atoms with Crippen molar-refractivity contribution in [1.29, 1.82) is 0 Å². The molecule has 8 nitrogen and oxygen atoms in total. The van der Waals surface area contributed by atoms with Crippen molar-refractivity contribution in [2.45, 2.75) is 18.6 Å². The van der Waals surface area contributed by atoms with Crippen LogP contribution in [0.5, 0.6) is 0 Å². The number of fused-ring (bicyclic) bond motifs is 1. The molecule has 0 aromatic heterocycles. The number of urea groups is 1. The largest absolute Gasteiger partial charge is 0.340 e. The maximum absolute atomic E-state index is 13.9. The van der Waals surface area contributed by atoms with Gasteiger partial charge in [0.25, 0.3) is 5.91 Å². The van der Waals surface area contributed by atoms with Crippen molar-refractivity contribution in [3.63, 3.8) is 0 Å². The van der Waals surface area contributed by atoms with Gasteiger partial charge in [0, 0.05) is 38.9 Å².